The number of hydrogen-bond donors (Lipinski definition) is 1. The molecule has 0 atom stereocenters. The van der Waals surface area contributed by atoms with Crippen molar-refractivity contribution in [2.45, 2.75) is 19.8 Å². The molecule has 1 N–H and O–H groups in total. The first-order valence-corrected chi connectivity index (χ1v) is 6.53. The zero-order valence-corrected chi connectivity index (χ0v) is 11.1. The zero-order chi connectivity index (χ0) is 14.1. The van der Waals surface area contributed by atoms with E-state index in [4.69, 9.17) is 0 Å². The number of carbonyl (C=O) groups is 1. The van der Waals surface area contributed by atoms with Crippen LogP contribution in [0.3, 0.4) is 0 Å². The van der Waals surface area contributed by atoms with Crippen molar-refractivity contribution >= 4 is 11.6 Å². The van der Waals surface area contributed by atoms with E-state index in [-0.39, 0.29) is 11.8 Å². The minimum Gasteiger partial charge on any atom is -0.326 e. The molecule has 1 aromatic heterocycles. The summed E-state index contributed by atoms with van der Waals surface area (Å²) in [5.41, 5.74) is 2.48. The van der Waals surface area contributed by atoms with Crippen molar-refractivity contribution in [1.82, 2.24) is 9.97 Å². The number of aryl methyl sites for hydroxylation is 1. The maximum absolute atomic E-state index is 12.9. The first-order valence-electron chi connectivity index (χ1n) is 6.53. The van der Waals surface area contributed by atoms with Crippen molar-refractivity contribution in [2.24, 2.45) is 5.92 Å². The van der Waals surface area contributed by atoms with Crippen molar-refractivity contribution in [1.29, 1.82) is 0 Å². The molecule has 1 aliphatic carbocycles. The first kappa shape index (κ1) is 12.7. The predicted molar refractivity (Wildman–Crippen MR) is 73.5 cm³/mol. The molecule has 1 aromatic carbocycles. The lowest BCUT2D eigenvalue weighted by molar-refractivity contribution is -0.117. The molecule has 0 radical (unpaired) electrons. The molecule has 0 bridgehead atoms. The summed E-state index contributed by atoms with van der Waals surface area (Å²) < 4.78 is 12.9. The number of amides is 1. The normalized spacial score (nSPS) is 14.1. The van der Waals surface area contributed by atoms with Gasteiger partial charge in [0.25, 0.3) is 0 Å². The molecule has 2 aromatic rings. The highest BCUT2D eigenvalue weighted by Gasteiger charge is 2.29. The Morgan fingerprint density at radius 1 is 1.30 bits per heavy atom. The monoisotopic (exact) mass is 271 g/mol. The van der Waals surface area contributed by atoms with Gasteiger partial charge in [0.2, 0.25) is 5.91 Å². The van der Waals surface area contributed by atoms with E-state index in [0.717, 1.165) is 42.0 Å². The molecule has 20 heavy (non-hydrogen) atoms. The molecule has 3 rings (SSSR count). The average Bonchev–Trinajstić information content (AvgIpc) is 3.26. The number of rotatable bonds is 3. The van der Waals surface area contributed by atoms with E-state index in [9.17, 15) is 9.18 Å². The van der Waals surface area contributed by atoms with Gasteiger partial charge in [-0.25, -0.2) is 14.4 Å². The summed E-state index contributed by atoms with van der Waals surface area (Å²) in [7, 11) is 0. The molecule has 1 saturated carbocycles. The number of anilines is 1. The number of aromatic nitrogens is 2. The molecular formula is C15H14FN3O. The van der Waals surface area contributed by atoms with Gasteiger partial charge in [-0.3, -0.25) is 4.79 Å². The van der Waals surface area contributed by atoms with Gasteiger partial charge in [-0.1, -0.05) is 6.07 Å². The van der Waals surface area contributed by atoms with E-state index in [1.807, 2.05) is 25.1 Å². The fourth-order valence-corrected chi connectivity index (χ4v) is 1.98. The Morgan fingerprint density at radius 2 is 2.00 bits per heavy atom. The lowest BCUT2D eigenvalue weighted by Crippen LogP contribution is -2.13. The molecule has 1 heterocycles. The van der Waals surface area contributed by atoms with E-state index >= 15 is 0 Å². The summed E-state index contributed by atoms with van der Waals surface area (Å²) in [4.78, 5) is 19.7. The van der Waals surface area contributed by atoms with Gasteiger partial charge >= 0.3 is 0 Å². The van der Waals surface area contributed by atoms with Crippen molar-refractivity contribution in [3.05, 3.63) is 42.0 Å². The second kappa shape index (κ2) is 5.00. The molecule has 0 spiro atoms. The Balaban J connectivity index is 1.89. The standard InChI is InChI=1S/C15H14FN3O/c1-9-2-5-12(19-15(20)10-3-4-10)6-13(9)14-17-7-11(16)8-18-14/h2,5-8,10H,3-4H2,1H3,(H,19,20). The van der Waals surface area contributed by atoms with Crippen LogP contribution in [0.2, 0.25) is 0 Å². The van der Waals surface area contributed by atoms with Crippen LogP contribution in [-0.4, -0.2) is 15.9 Å². The second-order valence-corrected chi connectivity index (χ2v) is 5.02. The summed E-state index contributed by atoms with van der Waals surface area (Å²) >= 11 is 0. The van der Waals surface area contributed by atoms with Gasteiger partial charge < -0.3 is 5.32 Å². The molecule has 1 amide bonds. The van der Waals surface area contributed by atoms with Crippen LogP contribution in [0.5, 0.6) is 0 Å². The van der Waals surface area contributed by atoms with Crippen LogP contribution >= 0.6 is 0 Å². The van der Waals surface area contributed by atoms with Gasteiger partial charge in [0, 0.05) is 17.2 Å². The first-order chi connectivity index (χ1) is 9.63. The van der Waals surface area contributed by atoms with Crippen molar-refractivity contribution in [2.75, 3.05) is 5.32 Å². The number of benzene rings is 1. The minimum atomic E-state index is -0.468. The zero-order valence-electron chi connectivity index (χ0n) is 11.1. The molecule has 0 unspecified atom stereocenters. The molecule has 1 fully saturated rings. The van der Waals surface area contributed by atoms with E-state index in [1.54, 1.807) is 0 Å². The Kier molecular flexibility index (Phi) is 3.18. The number of carbonyl (C=O) groups excluding carboxylic acids is 1. The molecular weight excluding hydrogens is 257 g/mol. The summed E-state index contributed by atoms with van der Waals surface area (Å²) in [6.45, 7) is 1.93. The Labute approximate surface area is 116 Å². The fourth-order valence-electron chi connectivity index (χ4n) is 1.98. The smallest absolute Gasteiger partial charge is 0.227 e. The van der Waals surface area contributed by atoms with Gasteiger partial charge in [0.05, 0.1) is 12.4 Å². The lowest BCUT2D eigenvalue weighted by Gasteiger charge is -2.09. The molecule has 0 aliphatic heterocycles. The Bertz CT molecular complexity index is 651. The highest BCUT2D eigenvalue weighted by atomic mass is 19.1. The third kappa shape index (κ3) is 2.66. The molecule has 0 saturated heterocycles. The van der Waals surface area contributed by atoms with Gasteiger partial charge in [0.1, 0.15) is 0 Å². The van der Waals surface area contributed by atoms with Crippen molar-refractivity contribution in [3.8, 4) is 11.4 Å². The van der Waals surface area contributed by atoms with Crippen LogP contribution in [0.1, 0.15) is 18.4 Å². The van der Waals surface area contributed by atoms with E-state index in [1.165, 1.54) is 0 Å². The second-order valence-electron chi connectivity index (χ2n) is 5.02. The topological polar surface area (TPSA) is 54.9 Å². The molecule has 1 aliphatic rings. The maximum atomic E-state index is 12.9. The molecule has 4 nitrogen and oxygen atoms in total. The van der Waals surface area contributed by atoms with Crippen molar-refractivity contribution < 1.29 is 9.18 Å². The Hall–Kier alpha value is -2.30. The summed E-state index contributed by atoms with van der Waals surface area (Å²) in [5, 5.41) is 2.88. The third-order valence-corrected chi connectivity index (χ3v) is 3.31. The lowest BCUT2D eigenvalue weighted by atomic mass is 10.1. The number of halogens is 1. The van der Waals surface area contributed by atoms with Crippen LogP contribution < -0.4 is 5.32 Å². The number of nitrogens with one attached hydrogen (secondary N) is 1. The van der Waals surface area contributed by atoms with Crippen LogP contribution in [0.25, 0.3) is 11.4 Å². The van der Waals surface area contributed by atoms with Crippen molar-refractivity contribution in [3.63, 3.8) is 0 Å². The summed E-state index contributed by atoms with van der Waals surface area (Å²) in [6.07, 6.45) is 4.20. The highest BCUT2D eigenvalue weighted by molar-refractivity contribution is 5.94. The van der Waals surface area contributed by atoms with Crippen LogP contribution in [-0.2, 0) is 4.79 Å². The van der Waals surface area contributed by atoms with E-state index < -0.39 is 5.82 Å². The molecule has 102 valence electrons. The average molecular weight is 271 g/mol. The maximum Gasteiger partial charge on any atom is 0.227 e. The minimum absolute atomic E-state index is 0.0554. The van der Waals surface area contributed by atoms with Crippen LogP contribution in [0, 0.1) is 18.7 Å². The molecule has 5 heteroatoms. The number of hydrogen-bond acceptors (Lipinski definition) is 3. The van der Waals surface area contributed by atoms with Gasteiger partial charge in [-0.15, -0.1) is 0 Å². The predicted octanol–water partition coefficient (Wildman–Crippen LogP) is 2.94. The summed E-state index contributed by atoms with van der Waals surface area (Å²) in [5.74, 6) is 0.192. The van der Waals surface area contributed by atoms with Gasteiger partial charge in [-0.2, -0.15) is 0 Å². The third-order valence-electron chi connectivity index (χ3n) is 3.31. The van der Waals surface area contributed by atoms with E-state index in [0.29, 0.717) is 5.82 Å². The fraction of sp³-hybridized carbons (Fsp3) is 0.267. The van der Waals surface area contributed by atoms with Gasteiger partial charge in [0.15, 0.2) is 11.6 Å². The number of nitrogens with zero attached hydrogens (tertiary/aromatic N) is 2. The van der Waals surface area contributed by atoms with E-state index in [2.05, 4.69) is 15.3 Å². The SMILES string of the molecule is Cc1ccc(NC(=O)C2CC2)cc1-c1ncc(F)cn1. The highest BCUT2D eigenvalue weighted by Crippen LogP contribution is 2.31. The van der Waals surface area contributed by atoms with Crippen LogP contribution in [0.4, 0.5) is 10.1 Å². The van der Waals surface area contributed by atoms with Crippen LogP contribution in [0.15, 0.2) is 30.6 Å². The Morgan fingerprint density at radius 3 is 2.65 bits per heavy atom. The summed E-state index contributed by atoms with van der Waals surface area (Å²) in [6, 6.07) is 5.57. The van der Waals surface area contributed by atoms with Gasteiger partial charge in [-0.05, 0) is 37.5 Å². The quantitative estimate of drug-likeness (QED) is 0.933. The largest absolute Gasteiger partial charge is 0.326 e.